The molecule has 0 unspecified atom stereocenters. The molecule has 4 heteroatoms. The Morgan fingerprint density at radius 3 is 1.53 bits per heavy atom. The molecule has 0 saturated carbocycles. The highest BCUT2D eigenvalue weighted by atomic mass is 16.3. The Kier molecular flexibility index (Phi) is 6.15. The Labute approximate surface area is 282 Å². The molecule has 2 heterocycles. The van der Waals surface area contributed by atoms with Gasteiger partial charge in [0, 0.05) is 27.5 Å². The van der Waals surface area contributed by atoms with E-state index in [0.717, 1.165) is 82.1 Å². The molecule has 4 nitrogen and oxygen atoms in total. The molecular formula is C45H27N3O. The van der Waals surface area contributed by atoms with Crippen LogP contribution in [0.2, 0.25) is 0 Å². The van der Waals surface area contributed by atoms with Crippen molar-refractivity contribution < 1.29 is 4.42 Å². The number of aromatic nitrogens is 3. The van der Waals surface area contributed by atoms with Crippen molar-refractivity contribution in [2.24, 2.45) is 0 Å². The molecule has 0 aliphatic carbocycles. The lowest BCUT2D eigenvalue weighted by Crippen LogP contribution is -2.02. The fourth-order valence-corrected chi connectivity index (χ4v) is 7.21. The van der Waals surface area contributed by atoms with E-state index >= 15 is 0 Å². The van der Waals surface area contributed by atoms with Gasteiger partial charge in [-0.05, 0) is 67.7 Å². The van der Waals surface area contributed by atoms with Crippen LogP contribution in [-0.4, -0.2) is 15.0 Å². The molecule has 0 aliphatic heterocycles. The molecule has 10 aromatic rings. The largest absolute Gasteiger partial charge is 0.456 e. The number of rotatable bonds is 4. The first kappa shape index (κ1) is 27.5. The van der Waals surface area contributed by atoms with Gasteiger partial charge in [0.15, 0.2) is 17.5 Å². The highest BCUT2D eigenvalue weighted by Crippen LogP contribution is 2.44. The second-order valence-corrected chi connectivity index (χ2v) is 12.4. The van der Waals surface area contributed by atoms with Crippen molar-refractivity contribution in [2.45, 2.75) is 0 Å². The first-order valence-electron chi connectivity index (χ1n) is 16.4. The Hall–Kier alpha value is -6.65. The van der Waals surface area contributed by atoms with Crippen LogP contribution in [0, 0.1) is 0 Å². The highest BCUT2D eigenvalue weighted by molar-refractivity contribution is 6.18. The van der Waals surface area contributed by atoms with Gasteiger partial charge in [-0.2, -0.15) is 0 Å². The Morgan fingerprint density at radius 1 is 0.347 bits per heavy atom. The van der Waals surface area contributed by atoms with E-state index in [9.17, 15) is 0 Å². The van der Waals surface area contributed by atoms with Gasteiger partial charge < -0.3 is 4.42 Å². The molecule has 8 aromatic carbocycles. The maximum Gasteiger partial charge on any atom is 0.165 e. The minimum absolute atomic E-state index is 0.598. The molecule has 0 bridgehead atoms. The second-order valence-electron chi connectivity index (χ2n) is 12.4. The highest BCUT2D eigenvalue weighted by Gasteiger charge is 2.23. The van der Waals surface area contributed by atoms with Gasteiger partial charge in [0.05, 0.1) is 0 Å². The first-order chi connectivity index (χ1) is 24.3. The summed E-state index contributed by atoms with van der Waals surface area (Å²) in [5.41, 5.74) is 6.57. The van der Waals surface area contributed by atoms with Crippen molar-refractivity contribution in [3.8, 4) is 45.3 Å². The fraction of sp³-hybridized carbons (Fsp3) is 0. The van der Waals surface area contributed by atoms with E-state index < -0.39 is 0 Å². The lowest BCUT2D eigenvalue weighted by Gasteiger charge is -2.15. The minimum Gasteiger partial charge on any atom is -0.456 e. The van der Waals surface area contributed by atoms with Gasteiger partial charge in [0.1, 0.15) is 11.2 Å². The predicted octanol–water partition coefficient (Wildman–Crippen LogP) is 11.9. The van der Waals surface area contributed by atoms with Gasteiger partial charge in [-0.3, -0.25) is 0 Å². The summed E-state index contributed by atoms with van der Waals surface area (Å²) >= 11 is 0. The van der Waals surface area contributed by atoms with Crippen LogP contribution >= 0.6 is 0 Å². The van der Waals surface area contributed by atoms with Crippen molar-refractivity contribution in [1.29, 1.82) is 0 Å². The van der Waals surface area contributed by atoms with Crippen LogP contribution in [0.15, 0.2) is 168 Å². The van der Waals surface area contributed by atoms with Crippen molar-refractivity contribution in [2.75, 3.05) is 0 Å². The van der Waals surface area contributed by atoms with Crippen molar-refractivity contribution in [3.05, 3.63) is 164 Å². The van der Waals surface area contributed by atoms with E-state index in [1.807, 2.05) is 6.07 Å². The van der Waals surface area contributed by atoms with Gasteiger partial charge in [-0.25, -0.2) is 15.0 Å². The average Bonchev–Trinajstić information content (AvgIpc) is 3.53. The topological polar surface area (TPSA) is 51.8 Å². The smallest absolute Gasteiger partial charge is 0.165 e. The second kappa shape index (κ2) is 11.0. The fourth-order valence-electron chi connectivity index (χ4n) is 7.21. The lowest BCUT2D eigenvalue weighted by molar-refractivity contribution is 0.669. The maximum absolute atomic E-state index is 6.59. The molecule has 10 rings (SSSR count). The van der Waals surface area contributed by atoms with Gasteiger partial charge >= 0.3 is 0 Å². The summed E-state index contributed by atoms with van der Waals surface area (Å²) < 4.78 is 6.59. The van der Waals surface area contributed by atoms with E-state index in [0.29, 0.717) is 17.5 Å². The number of hydrogen-bond acceptors (Lipinski definition) is 4. The van der Waals surface area contributed by atoms with Crippen molar-refractivity contribution >= 4 is 54.3 Å². The summed E-state index contributed by atoms with van der Waals surface area (Å²) in [6.07, 6.45) is 0. The number of furan rings is 1. The van der Waals surface area contributed by atoms with E-state index in [-0.39, 0.29) is 0 Å². The Bertz CT molecular complexity index is 2780. The minimum atomic E-state index is 0.598. The summed E-state index contributed by atoms with van der Waals surface area (Å²) in [5, 5.41) is 8.75. The zero-order valence-electron chi connectivity index (χ0n) is 26.3. The third kappa shape index (κ3) is 4.49. The zero-order chi connectivity index (χ0) is 32.3. The van der Waals surface area contributed by atoms with Crippen molar-refractivity contribution in [3.63, 3.8) is 0 Å². The van der Waals surface area contributed by atoms with Crippen LogP contribution in [0.25, 0.3) is 99.5 Å². The van der Waals surface area contributed by atoms with E-state index in [1.165, 1.54) is 0 Å². The molecular weight excluding hydrogens is 599 g/mol. The quantitative estimate of drug-likeness (QED) is 0.195. The molecule has 0 amide bonds. The predicted molar refractivity (Wildman–Crippen MR) is 201 cm³/mol. The third-order valence-corrected chi connectivity index (χ3v) is 9.51. The number of nitrogens with zero attached hydrogens (tertiary/aromatic N) is 3. The number of benzene rings is 8. The molecule has 0 atom stereocenters. The monoisotopic (exact) mass is 625 g/mol. The number of hydrogen-bond donors (Lipinski definition) is 0. The van der Waals surface area contributed by atoms with Gasteiger partial charge in [-0.1, -0.05) is 140 Å². The van der Waals surface area contributed by atoms with Crippen LogP contribution in [0.5, 0.6) is 0 Å². The molecule has 0 fully saturated rings. The summed E-state index contributed by atoms with van der Waals surface area (Å²) in [4.78, 5) is 15.9. The molecule has 0 N–H and O–H groups in total. The third-order valence-electron chi connectivity index (χ3n) is 9.51. The summed E-state index contributed by atoms with van der Waals surface area (Å²) in [7, 11) is 0. The summed E-state index contributed by atoms with van der Waals surface area (Å²) in [6, 6.07) is 56.8. The van der Waals surface area contributed by atoms with Crippen molar-refractivity contribution in [1.82, 2.24) is 15.0 Å². The van der Waals surface area contributed by atoms with Gasteiger partial charge in [0.2, 0.25) is 0 Å². The van der Waals surface area contributed by atoms with Gasteiger partial charge in [-0.15, -0.1) is 0 Å². The average molecular weight is 626 g/mol. The van der Waals surface area contributed by atoms with Crippen LogP contribution in [-0.2, 0) is 0 Å². The molecule has 0 radical (unpaired) electrons. The molecule has 0 aliphatic rings. The molecule has 49 heavy (non-hydrogen) atoms. The van der Waals surface area contributed by atoms with Crippen LogP contribution in [0.4, 0.5) is 0 Å². The van der Waals surface area contributed by atoms with E-state index in [2.05, 4.69) is 158 Å². The summed E-state index contributed by atoms with van der Waals surface area (Å²) in [5.74, 6) is 1.85. The van der Waals surface area contributed by atoms with Crippen LogP contribution in [0.3, 0.4) is 0 Å². The lowest BCUT2D eigenvalue weighted by atomic mass is 9.94. The Balaban J connectivity index is 1.35. The maximum atomic E-state index is 6.59. The SMILES string of the molecule is c1ccc(-c2ccc3oc4cc5ccccc5cc4c3c2-c2nc(-c3cccc4ccccc34)nc(-c3cccc4ccccc34)n2)cc1. The molecule has 0 saturated heterocycles. The van der Waals surface area contributed by atoms with Crippen LogP contribution in [0.1, 0.15) is 0 Å². The standard InChI is InChI=1S/C45H27N3O/c1-2-12-30(13-3-1)35-24-25-39-41(38-26-31-16-4-5-17-32(31)27-40(38)49-39)42(35)45-47-43(36-22-10-18-28-14-6-8-20-33(28)36)46-44(48-45)37-23-11-19-29-15-7-9-21-34(29)37/h1-27H. The van der Waals surface area contributed by atoms with Gasteiger partial charge in [0.25, 0.3) is 0 Å². The van der Waals surface area contributed by atoms with E-state index in [1.54, 1.807) is 0 Å². The molecule has 2 aromatic heterocycles. The molecule has 0 spiro atoms. The molecule has 228 valence electrons. The van der Waals surface area contributed by atoms with E-state index in [4.69, 9.17) is 19.4 Å². The number of fused-ring (bicyclic) bond motifs is 6. The summed E-state index contributed by atoms with van der Waals surface area (Å²) in [6.45, 7) is 0. The zero-order valence-corrected chi connectivity index (χ0v) is 26.3. The van der Waals surface area contributed by atoms with Crippen LogP contribution < -0.4 is 0 Å². The normalized spacial score (nSPS) is 11.7. The first-order valence-corrected chi connectivity index (χ1v) is 16.4. The Morgan fingerprint density at radius 2 is 0.878 bits per heavy atom.